The average Bonchev–Trinajstić information content (AvgIpc) is 4.00. The monoisotopic (exact) mass is 844 g/mol. The lowest BCUT2D eigenvalue weighted by Gasteiger charge is -2.27. The summed E-state index contributed by atoms with van der Waals surface area (Å²) in [6.07, 6.45) is 0. The quantitative estimate of drug-likeness (QED) is 0.159. The number of para-hydroxylation sites is 3. The predicted molar refractivity (Wildman–Crippen MR) is 277 cm³/mol. The Balaban J connectivity index is 0.981. The highest BCUT2D eigenvalue weighted by Gasteiger charge is 2.35. The van der Waals surface area contributed by atoms with Gasteiger partial charge in [0.25, 0.3) is 0 Å². The number of fused-ring (bicyclic) bond motifs is 9. The summed E-state index contributed by atoms with van der Waals surface area (Å²) in [6.45, 7) is 4.70. The number of anilines is 3. The Hall–Kier alpha value is -8.40. The Bertz CT molecular complexity index is 3780. The zero-order valence-electron chi connectivity index (χ0n) is 36.7. The maximum atomic E-state index is 6.83. The molecule has 3 heteroatoms. The fraction of sp³-hybridized carbons (Fsp3) is 0.0476. The number of rotatable bonds is 7. The van der Waals surface area contributed by atoms with Crippen LogP contribution in [0.25, 0.3) is 93.9 Å². The largest absolute Gasteiger partial charge is 0.455 e. The van der Waals surface area contributed by atoms with Crippen molar-refractivity contribution in [3.05, 3.63) is 242 Å². The van der Waals surface area contributed by atoms with Crippen molar-refractivity contribution in [1.29, 1.82) is 0 Å². The lowest BCUT2D eigenvalue weighted by atomic mass is 9.81. The molecule has 66 heavy (non-hydrogen) atoms. The van der Waals surface area contributed by atoms with E-state index in [4.69, 9.17) is 4.42 Å². The molecule has 3 nitrogen and oxygen atoms in total. The summed E-state index contributed by atoms with van der Waals surface area (Å²) in [7, 11) is 0. The molecule has 0 spiro atoms. The van der Waals surface area contributed by atoms with Gasteiger partial charge in [0.15, 0.2) is 0 Å². The third kappa shape index (κ3) is 5.97. The molecule has 0 amide bonds. The Morgan fingerprint density at radius 2 is 0.924 bits per heavy atom. The minimum atomic E-state index is -0.0683. The first kappa shape index (κ1) is 38.1. The van der Waals surface area contributed by atoms with Crippen LogP contribution in [0.15, 0.2) is 235 Å². The van der Waals surface area contributed by atoms with Crippen molar-refractivity contribution in [2.75, 3.05) is 4.90 Å². The van der Waals surface area contributed by atoms with Crippen molar-refractivity contribution >= 4 is 60.8 Å². The van der Waals surface area contributed by atoms with E-state index < -0.39 is 0 Å². The van der Waals surface area contributed by atoms with Crippen molar-refractivity contribution in [2.24, 2.45) is 0 Å². The van der Waals surface area contributed by atoms with Gasteiger partial charge in [0.2, 0.25) is 0 Å². The van der Waals surface area contributed by atoms with Gasteiger partial charge in [-0.2, -0.15) is 0 Å². The van der Waals surface area contributed by atoms with E-state index in [1.54, 1.807) is 0 Å². The van der Waals surface area contributed by atoms with Crippen LogP contribution < -0.4 is 4.90 Å². The van der Waals surface area contributed by atoms with Crippen molar-refractivity contribution in [2.45, 2.75) is 19.3 Å². The maximum Gasteiger partial charge on any atom is 0.143 e. The predicted octanol–water partition coefficient (Wildman–Crippen LogP) is 17.5. The topological polar surface area (TPSA) is 21.3 Å². The maximum absolute atomic E-state index is 6.83. The Morgan fingerprint density at radius 1 is 0.364 bits per heavy atom. The molecule has 2 aromatic heterocycles. The fourth-order valence-electron chi connectivity index (χ4n) is 10.7. The molecule has 2 heterocycles. The van der Waals surface area contributed by atoms with Gasteiger partial charge >= 0.3 is 0 Å². The molecule has 312 valence electrons. The van der Waals surface area contributed by atoms with Gasteiger partial charge in [0, 0.05) is 55.3 Å². The van der Waals surface area contributed by atoms with Crippen LogP contribution in [-0.2, 0) is 5.41 Å². The summed E-state index contributed by atoms with van der Waals surface area (Å²) >= 11 is 0. The van der Waals surface area contributed by atoms with Crippen molar-refractivity contribution in [1.82, 2.24) is 4.57 Å². The van der Waals surface area contributed by atoms with Crippen LogP contribution in [-0.4, -0.2) is 4.57 Å². The van der Waals surface area contributed by atoms with Gasteiger partial charge in [-0.25, -0.2) is 0 Å². The second kappa shape index (κ2) is 14.8. The van der Waals surface area contributed by atoms with Crippen molar-refractivity contribution in [3.63, 3.8) is 0 Å². The van der Waals surface area contributed by atoms with Gasteiger partial charge in [0.05, 0.1) is 11.0 Å². The van der Waals surface area contributed by atoms with Crippen LogP contribution in [0.5, 0.6) is 0 Å². The van der Waals surface area contributed by atoms with Crippen LogP contribution in [0, 0.1) is 0 Å². The molecule has 12 aromatic rings. The first-order chi connectivity index (χ1) is 32.5. The number of aromatic nitrogens is 1. The van der Waals surface area contributed by atoms with Crippen LogP contribution in [0.4, 0.5) is 17.1 Å². The number of hydrogen-bond donors (Lipinski definition) is 0. The summed E-state index contributed by atoms with van der Waals surface area (Å²) in [4.78, 5) is 2.39. The first-order valence-electron chi connectivity index (χ1n) is 22.8. The summed E-state index contributed by atoms with van der Waals surface area (Å²) < 4.78 is 9.21. The molecule has 1 aliphatic carbocycles. The van der Waals surface area contributed by atoms with Gasteiger partial charge in [-0.15, -0.1) is 0 Å². The van der Waals surface area contributed by atoms with Gasteiger partial charge in [-0.05, 0) is 123 Å². The molecule has 13 rings (SSSR count). The van der Waals surface area contributed by atoms with E-state index in [9.17, 15) is 0 Å². The van der Waals surface area contributed by atoms with E-state index >= 15 is 0 Å². The van der Waals surface area contributed by atoms with Crippen LogP contribution >= 0.6 is 0 Å². The lowest BCUT2D eigenvalue weighted by Crippen LogP contribution is -2.14. The van der Waals surface area contributed by atoms with Gasteiger partial charge in [-0.3, -0.25) is 0 Å². The highest BCUT2D eigenvalue weighted by Crippen LogP contribution is 2.50. The molecule has 0 saturated heterocycles. The van der Waals surface area contributed by atoms with Gasteiger partial charge in [-0.1, -0.05) is 172 Å². The molecule has 0 fully saturated rings. The standard InChI is InChI=1S/C63H44N2O/c1-63(2)57-23-10-6-19-50(57)51-36-31-44(38-58(51)63)43-29-34-47(35-30-43)64(46-32-27-42(28-33-46)41-15-4-3-5-16-41)49-39-55(62-56(40-49)54-22-9-13-26-61(54)66-62)45-17-14-18-48(37-45)65-59-24-11-7-20-52(59)53-21-8-12-25-60(53)65/h3-40H,1-2H3. The third-order valence-corrected chi connectivity index (χ3v) is 14.0. The molecule has 0 atom stereocenters. The summed E-state index contributed by atoms with van der Waals surface area (Å²) in [5, 5.41) is 4.65. The molecule has 10 aromatic carbocycles. The number of hydrogen-bond acceptors (Lipinski definition) is 2. The summed E-state index contributed by atoms with van der Waals surface area (Å²) in [6, 6.07) is 83.8. The van der Waals surface area contributed by atoms with E-state index in [0.717, 1.165) is 55.8 Å². The molecular weight excluding hydrogens is 801 g/mol. The second-order valence-electron chi connectivity index (χ2n) is 18.1. The van der Waals surface area contributed by atoms with E-state index in [2.05, 4.69) is 254 Å². The van der Waals surface area contributed by atoms with Crippen molar-refractivity contribution in [3.8, 4) is 50.2 Å². The van der Waals surface area contributed by atoms with Crippen LogP contribution in [0.2, 0.25) is 0 Å². The van der Waals surface area contributed by atoms with Crippen LogP contribution in [0.3, 0.4) is 0 Å². The summed E-state index contributed by atoms with van der Waals surface area (Å²) in [5.74, 6) is 0. The van der Waals surface area contributed by atoms with Crippen LogP contribution in [0.1, 0.15) is 25.0 Å². The molecule has 0 saturated carbocycles. The van der Waals surface area contributed by atoms with E-state index in [1.165, 1.54) is 66.3 Å². The Morgan fingerprint density at radius 3 is 1.65 bits per heavy atom. The van der Waals surface area contributed by atoms with Crippen molar-refractivity contribution < 1.29 is 4.42 Å². The average molecular weight is 845 g/mol. The zero-order chi connectivity index (χ0) is 43.9. The lowest BCUT2D eigenvalue weighted by molar-refractivity contribution is 0.660. The Kier molecular flexibility index (Phi) is 8.56. The second-order valence-corrected chi connectivity index (χ2v) is 18.1. The first-order valence-corrected chi connectivity index (χ1v) is 22.8. The highest BCUT2D eigenvalue weighted by molar-refractivity contribution is 6.12. The SMILES string of the molecule is CC1(C)c2ccccc2-c2ccc(-c3ccc(N(c4ccc(-c5ccccc5)cc4)c4cc(-c5cccc(-n6c7ccccc7c7ccccc76)c5)c5oc6ccccc6c5c4)cc3)cc21. The molecule has 0 aliphatic heterocycles. The third-order valence-electron chi connectivity index (χ3n) is 14.0. The van der Waals surface area contributed by atoms with E-state index in [1.807, 2.05) is 0 Å². The van der Waals surface area contributed by atoms with Gasteiger partial charge in [0.1, 0.15) is 11.2 Å². The normalized spacial score (nSPS) is 12.8. The Labute approximate surface area is 384 Å². The molecule has 1 aliphatic rings. The molecule has 0 bridgehead atoms. The van der Waals surface area contributed by atoms with Gasteiger partial charge < -0.3 is 13.9 Å². The number of nitrogens with zero attached hydrogens (tertiary/aromatic N) is 2. The van der Waals surface area contributed by atoms with E-state index in [-0.39, 0.29) is 5.41 Å². The molecule has 0 radical (unpaired) electrons. The fourth-order valence-corrected chi connectivity index (χ4v) is 10.7. The molecular formula is C63H44N2O. The minimum absolute atomic E-state index is 0.0683. The smallest absolute Gasteiger partial charge is 0.143 e. The zero-order valence-corrected chi connectivity index (χ0v) is 36.7. The highest BCUT2D eigenvalue weighted by atomic mass is 16.3. The number of benzene rings is 10. The molecule has 0 N–H and O–H groups in total. The van der Waals surface area contributed by atoms with E-state index in [0.29, 0.717) is 0 Å². The minimum Gasteiger partial charge on any atom is -0.455 e. The number of furan rings is 1. The summed E-state index contributed by atoms with van der Waals surface area (Å²) in [5.41, 5.74) is 20.6. The molecule has 0 unspecified atom stereocenters.